The van der Waals surface area contributed by atoms with Crippen molar-refractivity contribution in [1.29, 1.82) is 0 Å². The predicted molar refractivity (Wildman–Crippen MR) is 67.4 cm³/mol. The van der Waals surface area contributed by atoms with E-state index in [-0.39, 0.29) is 5.56 Å². The molecule has 19 heavy (non-hydrogen) atoms. The Labute approximate surface area is 110 Å². The van der Waals surface area contributed by atoms with Crippen molar-refractivity contribution in [3.05, 3.63) is 29.3 Å². The molecule has 3 rings (SSSR count). The molecule has 5 nitrogen and oxygen atoms in total. The van der Waals surface area contributed by atoms with Gasteiger partial charge in [-0.25, -0.2) is 0 Å². The molecule has 0 unspecified atom stereocenters. The van der Waals surface area contributed by atoms with Crippen LogP contribution in [0.4, 0.5) is 0 Å². The monoisotopic (exact) mass is 258 g/mol. The molecule has 1 aromatic carbocycles. The number of carbonyl (C=O) groups is 2. The van der Waals surface area contributed by atoms with Crippen molar-refractivity contribution >= 4 is 11.8 Å². The highest BCUT2D eigenvalue weighted by Gasteiger charge is 2.23. The Hall–Kier alpha value is -2.04. The largest absolute Gasteiger partial charge is 0.493 e. The molecule has 1 fully saturated rings. The number of benzene rings is 1. The summed E-state index contributed by atoms with van der Waals surface area (Å²) in [5, 5.41) is 6.60. The van der Waals surface area contributed by atoms with Crippen molar-refractivity contribution in [3.63, 3.8) is 0 Å². The van der Waals surface area contributed by atoms with Gasteiger partial charge in [0.1, 0.15) is 5.75 Å². The lowest BCUT2D eigenvalue weighted by Crippen LogP contribution is -2.12. The molecule has 0 radical (unpaired) electrons. The maximum absolute atomic E-state index is 11.6. The van der Waals surface area contributed by atoms with Gasteiger partial charge in [-0.05, 0) is 37.0 Å². The number of rotatable bonds is 3. The summed E-state index contributed by atoms with van der Waals surface area (Å²) in [7, 11) is 0. The van der Waals surface area contributed by atoms with Crippen LogP contribution in [0.15, 0.2) is 28.4 Å². The zero-order valence-corrected chi connectivity index (χ0v) is 10.5. The molecule has 1 saturated carbocycles. The fraction of sp³-hybridized carbons (Fsp3) is 0.429. The van der Waals surface area contributed by atoms with Crippen molar-refractivity contribution < 1.29 is 14.3 Å². The topological polar surface area (TPSA) is 68.1 Å². The van der Waals surface area contributed by atoms with Crippen LogP contribution in [0.5, 0.6) is 5.75 Å². The van der Waals surface area contributed by atoms with Crippen molar-refractivity contribution in [3.8, 4) is 5.75 Å². The highest BCUT2D eigenvalue weighted by Crippen LogP contribution is 2.27. The molecule has 1 aliphatic heterocycles. The summed E-state index contributed by atoms with van der Waals surface area (Å²) in [6, 6.07) is 4.88. The zero-order valence-electron chi connectivity index (χ0n) is 10.5. The number of amides is 2. The number of hydrogen-bond donors (Lipinski definition) is 0. The van der Waals surface area contributed by atoms with E-state index in [0.29, 0.717) is 23.8 Å². The van der Waals surface area contributed by atoms with E-state index in [2.05, 4.69) is 10.2 Å². The van der Waals surface area contributed by atoms with Gasteiger partial charge in [0.2, 0.25) is 0 Å². The second-order valence-corrected chi connectivity index (χ2v) is 4.98. The molecule has 1 aromatic rings. The van der Waals surface area contributed by atoms with Crippen LogP contribution in [-0.2, 0) is 0 Å². The summed E-state index contributed by atoms with van der Waals surface area (Å²) in [6.07, 6.45) is 4.95. The van der Waals surface area contributed by atoms with Gasteiger partial charge in [0.25, 0.3) is 11.8 Å². The van der Waals surface area contributed by atoms with Crippen LogP contribution in [0, 0.1) is 5.92 Å². The first-order chi connectivity index (χ1) is 9.24. The summed E-state index contributed by atoms with van der Waals surface area (Å²) < 4.78 is 5.70. The van der Waals surface area contributed by atoms with Crippen LogP contribution in [0.2, 0.25) is 0 Å². The number of ether oxygens (including phenoxy) is 1. The first-order valence-corrected chi connectivity index (χ1v) is 6.51. The van der Waals surface area contributed by atoms with Crippen molar-refractivity contribution in [2.45, 2.75) is 25.7 Å². The minimum atomic E-state index is -0.485. The molecule has 0 spiro atoms. The van der Waals surface area contributed by atoms with Crippen LogP contribution in [0.1, 0.15) is 46.4 Å². The Morgan fingerprint density at radius 3 is 2.47 bits per heavy atom. The zero-order chi connectivity index (χ0) is 13.2. The van der Waals surface area contributed by atoms with Gasteiger partial charge < -0.3 is 4.74 Å². The normalized spacial score (nSPS) is 18.7. The smallest absolute Gasteiger partial charge is 0.296 e. The standard InChI is InChI=1S/C14H14N2O3/c17-13-11-6-5-10(7-12(11)14(18)16-15-13)19-8-9-3-1-2-4-9/h5-7,9H,1-4,8H2. The Bertz CT molecular complexity index is 560. The van der Waals surface area contributed by atoms with Crippen LogP contribution in [0.3, 0.4) is 0 Å². The lowest BCUT2D eigenvalue weighted by molar-refractivity contribution is 0.0920. The number of nitrogens with zero attached hydrogens (tertiary/aromatic N) is 2. The summed E-state index contributed by atoms with van der Waals surface area (Å²) in [6.45, 7) is 0.669. The van der Waals surface area contributed by atoms with Gasteiger partial charge in [-0.3, -0.25) is 9.59 Å². The van der Waals surface area contributed by atoms with E-state index in [1.807, 2.05) is 0 Å². The summed E-state index contributed by atoms with van der Waals surface area (Å²) >= 11 is 0. The van der Waals surface area contributed by atoms with Crippen molar-refractivity contribution in [1.82, 2.24) is 0 Å². The van der Waals surface area contributed by atoms with Gasteiger partial charge in [0.05, 0.1) is 17.7 Å². The first-order valence-electron chi connectivity index (χ1n) is 6.51. The molecule has 0 N–H and O–H groups in total. The summed E-state index contributed by atoms with van der Waals surface area (Å²) in [5.41, 5.74) is 0.581. The fourth-order valence-corrected chi connectivity index (χ4v) is 2.57. The lowest BCUT2D eigenvalue weighted by Gasteiger charge is -2.13. The molecule has 0 atom stereocenters. The van der Waals surface area contributed by atoms with Gasteiger partial charge in [-0.15, -0.1) is 10.2 Å². The second kappa shape index (κ2) is 4.91. The third-order valence-electron chi connectivity index (χ3n) is 3.64. The van der Waals surface area contributed by atoms with E-state index in [9.17, 15) is 9.59 Å². The van der Waals surface area contributed by atoms with Crippen molar-refractivity contribution in [2.24, 2.45) is 16.1 Å². The molecule has 98 valence electrons. The van der Waals surface area contributed by atoms with Gasteiger partial charge in [0.15, 0.2) is 0 Å². The van der Waals surface area contributed by atoms with Gasteiger partial charge >= 0.3 is 0 Å². The van der Waals surface area contributed by atoms with E-state index in [4.69, 9.17) is 4.74 Å². The fourth-order valence-electron chi connectivity index (χ4n) is 2.57. The van der Waals surface area contributed by atoms with Crippen LogP contribution in [-0.4, -0.2) is 18.4 Å². The Kier molecular flexibility index (Phi) is 3.11. The predicted octanol–water partition coefficient (Wildman–Crippen LogP) is 3.00. The molecule has 1 heterocycles. The van der Waals surface area contributed by atoms with Crippen molar-refractivity contribution in [2.75, 3.05) is 6.61 Å². The van der Waals surface area contributed by atoms with Gasteiger partial charge in [-0.2, -0.15) is 0 Å². The summed E-state index contributed by atoms with van der Waals surface area (Å²) in [4.78, 5) is 23.0. The molecular formula is C14H14N2O3. The highest BCUT2D eigenvalue weighted by atomic mass is 16.5. The Morgan fingerprint density at radius 1 is 1.05 bits per heavy atom. The van der Waals surface area contributed by atoms with E-state index < -0.39 is 11.8 Å². The SMILES string of the molecule is O=C1N=NC(=O)c2cc(OCC3CCCC3)ccc21. The molecule has 1 aliphatic carbocycles. The number of hydrogen-bond acceptors (Lipinski definition) is 3. The Balaban J connectivity index is 1.76. The second-order valence-electron chi connectivity index (χ2n) is 4.98. The minimum Gasteiger partial charge on any atom is -0.493 e. The molecule has 0 bridgehead atoms. The van der Waals surface area contributed by atoms with E-state index in [1.165, 1.54) is 25.7 Å². The lowest BCUT2D eigenvalue weighted by atomic mass is 10.1. The molecule has 0 aromatic heterocycles. The van der Waals surface area contributed by atoms with Crippen LogP contribution in [0.25, 0.3) is 0 Å². The maximum Gasteiger partial charge on any atom is 0.296 e. The average molecular weight is 258 g/mol. The van der Waals surface area contributed by atoms with E-state index in [1.54, 1.807) is 18.2 Å². The quantitative estimate of drug-likeness (QED) is 0.836. The molecule has 0 saturated heterocycles. The maximum atomic E-state index is 11.6. The third-order valence-corrected chi connectivity index (χ3v) is 3.64. The summed E-state index contributed by atoms with van der Waals surface area (Å²) in [5.74, 6) is 0.259. The molecule has 5 heteroatoms. The van der Waals surface area contributed by atoms with Gasteiger partial charge in [0, 0.05) is 0 Å². The average Bonchev–Trinajstić information content (AvgIpc) is 2.94. The van der Waals surface area contributed by atoms with Crippen LogP contribution >= 0.6 is 0 Å². The van der Waals surface area contributed by atoms with E-state index >= 15 is 0 Å². The molecule has 2 amide bonds. The minimum absolute atomic E-state index is 0.281. The Morgan fingerprint density at radius 2 is 1.74 bits per heavy atom. The van der Waals surface area contributed by atoms with Gasteiger partial charge in [-0.1, -0.05) is 12.8 Å². The number of fused-ring (bicyclic) bond motifs is 1. The molecule has 2 aliphatic rings. The highest BCUT2D eigenvalue weighted by molar-refractivity contribution is 6.11. The van der Waals surface area contributed by atoms with Crippen LogP contribution < -0.4 is 4.74 Å². The van der Waals surface area contributed by atoms with E-state index in [0.717, 1.165) is 0 Å². The first kappa shape index (κ1) is 12.0. The third kappa shape index (κ3) is 2.41. The number of carbonyl (C=O) groups excluding carboxylic acids is 2. The molecular weight excluding hydrogens is 244 g/mol. The number of azo groups is 1.